The van der Waals surface area contributed by atoms with Crippen LogP contribution < -0.4 is 0 Å². The fourth-order valence-electron chi connectivity index (χ4n) is 4.27. The minimum atomic E-state index is -1.02. The van der Waals surface area contributed by atoms with Crippen LogP contribution in [0.25, 0.3) is 0 Å². The Morgan fingerprint density at radius 3 is 2.45 bits per heavy atom. The first-order valence-electron chi connectivity index (χ1n) is 10.9. The second kappa shape index (κ2) is 11.0. The Hall–Kier alpha value is -2.74. The minimum Gasteiger partial charge on any atom is -0.480 e. The van der Waals surface area contributed by atoms with Crippen molar-refractivity contribution in [3.8, 4) is 0 Å². The number of morpholine rings is 1. The molecule has 3 rings (SSSR count). The predicted molar refractivity (Wildman–Crippen MR) is 112 cm³/mol. The molecule has 0 aliphatic carbocycles. The lowest BCUT2D eigenvalue weighted by atomic mass is 9.92. The van der Waals surface area contributed by atoms with E-state index in [9.17, 15) is 24.3 Å². The molecule has 2 aliphatic rings. The van der Waals surface area contributed by atoms with E-state index < -0.39 is 17.9 Å². The molecule has 168 valence electrons. The molecule has 0 saturated carbocycles. The topological polar surface area (TPSA) is 104 Å². The van der Waals surface area contributed by atoms with Crippen LogP contribution in [0.15, 0.2) is 30.3 Å². The number of ether oxygens (including phenoxy) is 1. The Balaban J connectivity index is 1.66. The van der Waals surface area contributed by atoms with Crippen molar-refractivity contribution in [1.29, 1.82) is 0 Å². The number of rotatable bonds is 9. The molecule has 0 spiro atoms. The lowest BCUT2D eigenvalue weighted by molar-refractivity contribution is -0.150. The van der Waals surface area contributed by atoms with Crippen molar-refractivity contribution in [1.82, 2.24) is 9.80 Å². The van der Waals surface area contributed by atoms with Gasteiger partial charge in [0.15, 0.2) is 0 Å². The summed E-state index contributed by atoms with van der Waals surface area (Å²) in [5.41, 5.74) is 0.868. The van der Waals surface area contributed by atoms with Gasteiger partial charge in [-0.25, -0.2) is 4.79 Å². The van der Waals surface area contributed by atoms with E-state index in [1.807, 2.05) is 30.3 Å². The van der Waals surface area contributed by atoms with Gasteiger partial charge in [-0.3, -0.25) is 14.4 Å². The molecule has 1 N–H and O–H groups in total. The molecule has 2 amide bonds. The van der Waals surface area contributed by atoms with Crippen LogP contribution in [0.2, 0.25) is 0 Å². The van der Waals surface area contributed by atoms with E-state index in [0.29, 0.717) is 45.7 Å². The van der Waals surface area contributed by atoms with Gasteiger partial charge < -0.3 is 19.6 Å². The molecule has 2 fully saturated rings. The Bertz CT molecular complexity index is 791. The number of likely N-dealkylation sites (tertiary alicyclic amines) is 1. The lowest BCUT2D eigenvalue weighted by Gasteiger charge is -2.29. The molecule has 2 aliphatic heterocycles. The third-order valence-corrected chi connectivity index (χ3v) is 5.96. The minimum absolute atomic E-state index is 0.00690. The summed E-state index contributed by atoms with van der Waals surface area (Å²) < 4.78 is 5.27. The van der Waals surface area contributed by atoms with Crippen molar-refractivity contribution >= 4 is 23.6 Å². The summed E-state index contributed by atoms with van der Waals surface area (Å²) in [5, 5.41) is 9.45. The number of carbonyl (C=O) groups is 4. The average Bonchev–Trinajstić information content (AvgIpc) is 3.27. The van der Waals surface area contributed by atoms with E-state index in [4.69, 9.17) is 4.74 Å². The smallest absolute Gasteiger partial charge is 0.326 e. The lowest BCUT2D eigenvalue weighted by Crippen LogP contribution is -2.44. The number of aliphatic carboxylic acids is 1. The van der Waals surface area contributed by atoms with Gasteiger partial charge in [0.25, 0.3) is 0 Å². The zero-order valence-corrected chi connectivity index (χ0v) is 17.7. The number of benzene rings is 1. The number of nitrogens with zero attached hydrogens (tertiary/aromatic N) is 2. The molecule has 0 unspecified atom stereocenters. The highest BCUT2D eigenvalue weighted by atomic mass is 16.5. The normalized spacial score (nSPS) is 19.8. The molecule has 31 heavy (non-hydrogen) atoms. The zero-order chi connectivity index (χ0) is 22.2. The highest BCUT2D eigenvalue weighted by Crippen LogP contribution is 2.25. The summed E-state index contributed by atoms with van der Waals surface area (Å²) >= 11 is 0. The van der Waals surface area contributed by atoms with E-state index >= 15 is 0 Å². The summed E-state index contributed by atoms with van der Waals surface area (Å²) in [6.07, 6.45) is 1.65. The van der Waals surface area contributed by atoms with E-state index in [-0.39, 0.29) is 43.3 Å². The average molecular weight is 431 g/mol. The second-order valence-corrected chi connectivity index (χ2v) is 8.16. The van der Waals surface area contributed by atoms with Gasteiger partial charge in [0, 0.05) is 44.8 Å². The SMILES string of the molecule is O=C(Cc1ccccc1)C[C@H](CCC(=O)N1CCOCC1)C(=O)N1CCC[C@H]1C(=O)O. The van der Waals surface area contributed by atoms with Gasteiger partial charge in [0.1, 0.15) is 11.8 Å². The van der Waals surface area contributed by atoms with Gasteiger partial charge in [0.05, 0.1) is 13.2 Å². The van der Waals surface area contributed by atoms with Crippen molar-refractivity contribution in [2.24, 2.45) is 5.92 Å². The summed E-state index contributed by atoms with van der Waals surface area (Å²) in [7, 11) is 0. The summed E-state index contributed by atoms with van der Waals surface area (Å²) in [5.74, 6) is -2.20. The number of ketones is 1. The molecule has 2 heterocycles. The molecule has 2 saturated heterocycles. The first-order chi connectivity index (χ1) is 15.0. The highest BCUT2D eigenvalue weighted by molar-refractivity contribution is 5.90. The Morgan fingerprint density at radius 2 is 1.77 bits per heavy atom. The number of carboxylic acid groups (broad SMARTS) is 1. The fourth-order valence-corrected chi connectivity index (χ4v) is 4.27. The van der Waals surface area contributed by atoms with E-state index in [1.165, 1.54) is 4.90 Å². The standard InChI is InChI=1S/C23H30N2O6/c26-19(15-17-5-2-1-3-6-17)16-18(8-9-21(27)24-11-13-31-14-12-24)22(28)25-10-4-7-20(25)23(29)30/h1-3,5-6,18,20H,4,7-16H2,(H,29,30)/t18-,20-/m0/s1. The van der Waals surface area contributed by atoms with Gasteiger partial charge in [-0.1, -0.05) is 30.3 Å². The number of hydrogen-bond donors (Lipinski definition) is 1. The molecular weight excluding hydrogens is 400 g/mol. The fraction of sp³-hybridized carbons (Fsp3) is 0.565. The van der Waals surface area contributed by atoms with Crippen molar-refractivity contribution in [2.75, 3.05) is 32.8 Å². The summed E-state index contributed by atoms with van der Waals surface area (Å²) in [6.45, 7) is 2.42. The van der Waals surface area contributed by atoms with E-state index in [1.54, 1.807) is 4.90 Å². The van der Waals surface area contributed by atoms with Crippen molar-refractivity contribution in [3.05, 3.63) is 35.9 Å². The van der Waals surface area contributed by atoms with Gasteiger partial charge in [-0.2, -0.15) is 0 Å². The highest BCUT2D eigenvalue weighted by Gasteiger charge is 2.37. The third kappa shape index (κ3) is 6.37. The summed E-state index contributed by atoms with van der Waals surface area (Å²) in [4.78, 5) is 53.1. The van der Waals surface area contributed by atoms with Crippen LogP contribution in [0.5, 0.6) is 0 Å². The number of amides is 2. The van der Waals surface area contributed by atoms with Crippen LogP contribution in [0.3, 0.4) is 0 Å². The quantitative estimate of drug-likeness (QED) is 0.637. The maximum Gasteiger partial charge on any atom is 0.326 e. The van der Waals surface area contributed by atoms with Crippen LogP contribution in [-0.4, -0.2) is 77.4 Å². The van der Waals surface area contributed by atoms with E-state index in [0.717, 1.165) is 5.56 Å². The molecule has 1 aromatic rings. The van der Waals surface area contributed by atoms with E-state index in [2.05, 4.69) is 0 Å². The largest absolute Gasteiger partial charge is 0.480 e. The number of carbonyl (C=O) groups excluding carboxylic acids is 3. The Morgan fingerprint density at radius 1 is 1.06 bits per heavy atom. The molecule has 0 aromatic heterocycles. The van der Waals surface area contributed by atoms with Gasteiger partial charge in [-0.15, -0.1) is 0 Å². The number of hydrogen-bond acceptors (Lipinski definition) is 5. The van der Waals surface area contributed by atoms with Crippen LogP contribution in [0.1, 0.15) is 37.7 Å². The first-order valence-corrected chi connectivity index (χ1v) is 10.9. The molecule has 8 nitrogen and oxygen atoms in total. The van der Waals surface area contributed by atoms with Crippen LogP contribution >= 0.6 is 0 Å². The molecule has 8 heteroatoms. The molecule has 2 atom stereocenters. The number of carboxylic acids is 1. The summed E-state index contributed by atoms with van der Waals surface area (Å²) in [6, 6.07) is 8.45. The molecule has 1 aromatic carbocycles. The van der Waals surface area contributed by atoms with Gasteiger partial charge in [0.2, 0.25) is 11.8 Å². The predicted octanol–water partition coefficient (Wildman–Crippen LogP) is 1.52. The van der Waals surface area contributed by atoms with Crippen LogP contribution in [-0.2, 0) is 30.3 Å². The molecular formula is C23H30N2O6. The maximum absolute atomic E-state index is 13.2. The monoisotopic (exact) mass is 430 g/mol. The van der Waals surface area contributed by atoms with Gasteiger partial charge in [-0.05, 0) is 24.8 Å². The van der Waals surface area contributed by atoms with Crippen molar-refractivity contribution in [2.45, 2.75) is 44.6 Å². The van der Waals surface area contributed by atoms with Crippen LogP contribution in [0, 0.1) is 5.92 Å². The number of Topliss-reactive ketones (excluding diaryl/α,β-unsaturated/α-hetero) is 1. The third-order valence-electron chi connectivity index (χ3n) is 5.96. The maximum atomic E-state index is 13.2. The van der Waals surface area contributed by atoms with Gasteiger partial charge >= 0.3 is 5.97 Å². The molecule has 0 bridgehead atoms. The zero-order valence-electron chi connectivity index (χ0n) is 17.7. The Kier molecular flexibility index (Phi) is 8.17. The second-order valence-electron chi connectivity index (χ2n) is 8.16. The Labute approximate surface area is 182 Å². The van der Waals surface area contributed by atoms with Crippen molar-refractivity contribution in [3.63, 3.8) is 0 Å². The van der Waals surface area contributed by atoms with Crippen molar-refractivity contribution < 1.29 is 29.0 Å². The first kappa shape index (κ1) is 22.9. The van der Waals surface area contributed by atoms with Crippen LogP contribution in [0.4, 0.5) is 0 Å². The molecule has 0 radical (unpaired) electrons.